The Kier molecular flexibility index (Phi) is 4.59. The first-order valence-corrected chi connectivity index (χ1v) is 9.78. The van der Waals surface area contributed by atoms with Crippen LogP contribution in [0.3, 0.4) is 0 Å². The van der Waals surface area contributed by atoms with Gasteiger partial charge in [0.2, 0.25) is 0 Å². The molecule has 2 aromatic carbocycles. The van der Waals surface area contributed by atoms with Crippen LogP contribution in [0.1, 0.15) is 18.8 Å². The molecule has 0 unspecified atom stereocenters. The molecule has 31 heavy (non-hydrogen) atoms. The van der Waals surface area contributed by atoms with Gasteiger partial charge < -0.3 is 10.3 Å². The van der Waals surface area contributed by atoms with E-state index in [2.05, 4.69) is 30.2 Å². The molecule has 8 nitrogen and oxygen atoms in total. The summed E-state index contributed by atoms with van der Waals surface area (Å²) in [6, 6.07) is 10.4. The van der Waals surface area contributed by atoms with Gasteiger partial charge in [0.15, 0.2) is 11.5 Å². The summed E-state index contributed by atoms with van der Waals surface area (Å²) in [4.78, 5) is 33.6. The topological polar surface area (TPSA) is 101 Å². The zero-order valence-electron chi connectivity index (χ0n) is 16.2. The number of anilines is 1. The van der Waals surface area contributed by atoms with E-state index < -0.39 is 17.4 Å². The maximum absolute atomic E-state index is 13.9. The molecule has 2 N–H and O–H groups in total. The van der Waals surface area contributed by atoms with Crippen molar-refractivity contribution in [2.75, 3.05) is 5.32 Å². The van der Waals surface area contributed by atoms with Crippen LogP contribution in [0.15, 0.2) is 59.9 Å². The number of fused-ring (bicyclic) bond motifs is 2. The average Bonchev–Trinajstić information content (AvgIpc) is 3.25. The lowest BCUT2D eigenvalue weighted by atomic mass is 10.2. The number of nitrogens with one attached hydrogen (secondary N) is 2. The molecule has 3 aromatic heterocycles. The number of nitrogens with zero attached hydrogens (tertiary/aromatic N) is 5. The van der Waals surface area contributed by atoms with Gasteiger partial charge in [-0.2, -0.15) is 0 Å². The fourth-order valence-corrected chi connectivity index (χ4v) is 3.69. The highest BCUT2D eigenvalue weighted by atomic mass is 35.5. The number of rotatable bonds is 4. The van der Waals surface area contributed by atoms with Crippen molar-refractivity contribution in [2.24, 2.45) is 0 Å². The van der Waals surface area contributed by atoms with Crippen molar-refractivity contribution in [2.45, 2.75) is 13.0 Å². The Balaban J connectivity index is 1.72. The van der Waals surface area contributed by atoms with Gasteiger partial charge in [0.1, 0.15) is 23.5 Å². The number of H-pyrrole nitrogens is 1. The Morgan fingerprint density at radius 3 is 2.84 bits per heavy atom. The van der Waals surface area contributed by atoms with Crippen molar-refractivity contribution in [3.05, 3.63) is 82.1 Å². The number of aromatic amines is 1. The number of hydrogen-bond donors (Lipinski definition) is 2. The smallest absolute Gasteiger partial charge is 0.266 e. The van der Waals surface area contributed by atoms with E-state index in [1.807, 2.05) is 6.92 Å². The molecule has 0 saturated carbocycles. The first-order valence-electron chi connectivity index (χ1n) is 9.40. The molecule has 3 heterocycles. The van der Waals surface area contributed by atoms with Crippen LogP contribution in [-0.4, -0.2) is 29.5 Å². The molecular weight excluding hydrogens is 421 g/mol. The van der Waals surface area contributed by atoms with Crippen molar-refractivity contribution in [3.8, 4) is 5.69 Å². The summed E-state index contributed by atoms with van der Waals surface area (Å²) in [6.45, 7) is 1.84. The highest BCUT2D eigenvalue weighted by Gasteiger charge is 2.21. The second-order valence-electron chi connectivity index (χ2n) is 6.91. The van der Waals surface area contributed by atoms with Gasteiger partial charge in [0.25, 0.3) is 5.56 Å². The van der Waals surface area contributed by atoms with Gasteiger partial charge in [-0.25, -0.2) is 24.3 Å². The lowest BCUT2D eigenvalue weighted by Crippen LogP contribution is -2.27. The molecule has 0 spiro atoms. The number of hydrogen-bond acceptors (Lipinski definition) is 6. The van der Waals surface area contributed by atoms with Crippen molar-refractivity contribution < 1.29 is 4.39 Å². The fourth-order valence-electron chi connectivity index (χ4n) is 3.47. The molecule has 5 rings (SSSR count). The minimum absolute atomic E-state index is 0.160. The van der Waals surface area contributed by atoms with Crippen molar-refractivity contribution in [1.82, 2.24) is 29.5 Å². The monoisotopic (exact) mass is 435 g/mol. The van der Waals surface area contributed by atoms with Crippen LogP contribution in [0, 0.1) is 5.82 Å². The summed E-state index contributed by atoms with van der Waals surface area (Å²) in [7, 11) is 0. The van der Waals surface area contributed by atoms with E-state index in [1.165, 1.54) is 35.4 Å². The van der Waals surface area contributed by atoms with Gasteiger partial charge >= 0.3 is 0 Å². The normalized spacial score (nSPS) is 12.4. The van der Waals surface area contributed by atoms with E-state index in [0.717, 1.165) is 0 Å². The summed E-state index contributed by atoms with van der Waals surface area (Å²) in [5, 5.41) is 3.77. The lowest BCUT2D eigenvalue weighted by Gasteiger charge is -2.20. The van der Waals surface area contributed by atoms with Crippen molar-refractivity contribution in [3.63, 3.8) is 0 Å². The van der Waals surface area contributed by atoms with Crippen LogP contribution >= 0.6 is 11.6 Å². The van der Waals surface area contributed by atoms with Crippen LogP contribution in [0.2, 0.25) is 5.02 Å². The molecule has 0 bridgehead atoms. The quantitative estimate of drug-likeness (QED) is 0.442. The first-order chi connectivity index (χ1) is 15.0. The first kappa shape index (κ1) is 19.1. The predicted octanol–water partition coefficient (Wildman–Crippen LogP) is 4.02. The van der Waals surface area contributed by atoms with Crippen LogP contribution in [0.25, 0.3) is 27.8 Å². The Morgan fingerprint density at radius 1 is 1.16 bits per heavy atom. The summed E-state index contributed by atoms with van der Waals surface area (Å²) in [6.07, 6.45) is 2.94. The second-order valence-corrected chi connectivity index (χ2v) is 7.32. The zero-order valence-corrected chi connectivity index (χ0v) is 16.9. The van der Waals surface area contributed by atoms with Gasteiger partial charge in [0, 0.05) is 0 Å². The molecule has 0 aliphatic heterocycles. The van der Waals surface area contributed by atoms with Crippen LogP contribution in [0.5, 0.6) is 0 Å². The van der Waals surface area contributed by atoms with Crippen molar-refractivity contribution >= 4 is 39.5 Å². The zero-order chi connectivity index (χ0) is 21.5. The van der Waals surface area contributed by atoms with E-state index in [0.29, 0.717) is 39.0 Å². The van der Waals surface area contributed by atoms with Gasteiger partial charge in [-0.05, 0) is 37.3 Å². The number of imidazole rings is 1. The van der Waals surface area contributed by atoms with Crippen LogP contribution in [0.4, 0.5) is 10.2 Å². The number of aromatic nitrogens is 6. The summed E-state index contributed by atoms with van der Waals surface area (Å²) in [5.41, 5.74) is 1.54. The van der Waals surface area contributed by atoms with Gasteiger partial charge in [0.05, 0.1) is 34.0 Å². The van der Waals surface area contributed by atoms with E-state index in [4.69, 9.17) is 11.6 Å². The minimum Gasteiger partial charge on any atom is -0.358 e. The third-order valence-corrected chi connectivity index (χ3v) is 5.23. The summed E-state index contributed by atoms with van der Waals surface area (Å²) in [5.74, 6) is 0.357. The second kappa shape index (κ2) is 7.44. The Labute approximate surface area is 179 Å². The largest absolute Gasteiger partial charge is 0.358 e. The summed E-state index contributed by atoms with van der Waals surface area (Å²) < 4.78 is 15.2. The van der Waals surface area contributed by atoms with E-state index in [-0.39, 0.29) is 5.39 Å². The number of benzene rings is 2. The van der Waals surface area contributed by atoms with Crippen LogP contribution < -0.4 is 10.9 Å². The Hall–Kier alpha value is -3.85. The molecule has 0 saturated heterocycles. The highest BCUT2D eigenvalue weighted by Crippen LogP contribution is 2.26. The van der Waals surface area contributed by atoms with Gasteiger partial charge in [-0.15, -0.1) is 0 Å². The molecule has 154 valence electrons. The molecule has 0 radical (unpaired) electrons. The average molecular weight is 436 g/mol. The SMILES string of the molecule is C[C@@H](Nc1ncnc2[nH]cnc12)c1nc2ccc(F)cc2c(=O)n1-c1ccccc1Cl. The molecule has 0 aliphatic rings. The number of halogens is 2. The van der Waals surface area contributed by atoms with E-state index >= 15 is 0 Å². The van der Waals surface area contributed by atoms with Gasteiger partial charge in [-0.1, -0.05) is 23.7 Å². The third kappa shape index (κ3) is 3.28. The number of para-hydroxylation sites is 1. The Bertz CT molecular complexity index is 1500. The molecule has 10 heteroatoms. The lowest BCUT2D eigenvalue weighted by molar-refractivity contribution is 0.629. The van der Waals surface area contributed by atoms with Gasteiger partial charge in [-0.3, -0.25) is 9.36 Å². The predicted molar refractivity (Wildman–Crippen MR) is 116 cm³/mol. The van der Waals surface area contributed by atoms with Crippen molar-refractivity contribution in [1.29, 1.82) is 0 Å². The molecular formula is C21H15ClFN7O. The molecule has 0 amide bonds. The molecule has 1 atom stereocenters. The maximum Gasteiger partial charge on any atom is 0.266 e. The standard InChI is InChI=1S/C21H15ClFN7O/c1-11(28-19-17-18(25-9-24-17)26-10-27-19)20-29-15-7-6-12(23)8-13(15)21(31)30(20)16-5-3-2-4-14(16)22/h2-11H,1H3,(H2,24,25,26,27,28)/t11-/m1/s1. The summed E-state index contributed by atoms with van der Waals surface area (Å²) >= 11 is 6.40. The maximum atomic E-state index is 13.9. The Morgan fingerprint density at radius 2 is 2.00 bits per heavy atom. The third-order valence-electron chi connectivity index (χ3n) is 4.91. The minimum atomic E-state index is -0.516. The van der Waals surface area contributed by atoms with E-state index in [9.17, 15) is 9.18 Å². The fraction of sp³-hybridized carbons (Fsp3) is 0.0952. The molecule has 5 aromatic rings. The highest BCUT2D eigenvalue weighted by molar-refractivity contribution is 6.32. The molecule has 0 aliphatic carbocycles. The van der Waals surface area contributed by atoms with Crippen LogP contribution in [-0.2, 0) is 0 Å². The molecule has 0 fully saturated rings. The van der Waals surface area contributed by atoms with E-state index in [1.54, 1.807) is 24.3 Å².